The van der Waals surface area contributed by atoms with Gasteiger partial charge < -0.3 is 13.9 Å². The molecule has 1 aliphatic rings. The van der Waals surface area contributed by atoms with E-state index in [-0.39, 0.29) is 35.8 Å². The second-order valence-corrected chi connectivity index (χ2v) is 8.28. The molecule has 1 aromatic heterocycles. The van der Waals surface area contributed by atoms with Crippen molar-refractivity contribution in [1.82, 2.24) is 20.6 Å². The predicted molar refractivity (Wildman–Crippen MR) is 119 cm³/mol. The van der Waals surface area contributed by atoms with Crippen molar-refractivity contribution < 1.29 is 23.1 Å². The smallest absolute Gasteiger partial charge is 0.272 e. The maximum atomic E-state index is 13.4. The lowest BCUT2D eigenvalue weighted by atomic mass is 9.98. The number of benzene rings is 2. The van der Waals surface area contributed by atoms with Crippen LogP contribution in [0, 0.1) is 5.82 Å². The van der Waals surface area contributed by atoms with E-state index in [4.69, 9.17) is 37.1 Å². The summed E-state index contributed by atoms with van der Waals surface area (Å²) < 4.78 is 30.1. The molecule has 0 aliphatic carbocycles. The molecule has 1 N–H and O–H groups in total. The van der Waals surface area contributed by atoms with Crippen molar-refractivity contribution in [3.8, 4) is 11.5 Å². The summed E-state index contributed by atoms with van der Waals surface area (Å²) in [5.41, 5.74) is 2.79. The van der Waals surface area contributed by atoms with E-state index in [1.807, 2.05) is 5.01 Å². The summed E-state index contributed by atoms with van der Waals surface area (Å²) in [5, 5.41) is 10.6. The van der Waals surface area contributed by atoms with Crippen LogP contribution in [-0.4, -0.2) is 40.8 Å². The van der Waals surface area contributed by atoms with Gasteiger partial charge in [0, 0.05) is 30.1 Å². The highest BCUT2D eigenvalue weighted by atomic mass is 35.5. The number of amides is 1. The normalized spacial score (nSPS) is 14.8. The van der Waals surface area contributed by atoms with Crippen LogP contribution in [0.1, 0.15) is 30.5 Å². The largest absolute Gasteiger partial charge is 0.484 e. The van der Waals surface area contributed by atoms with Crippen molar-refractivity contribution in [3.63, 3.8) is 0 Å². The third-order valence-corrected chi connectivity index (χ3v) is 5.60. The number of nitrogens with one attached hydrogen (secondary N) is 1. The molecule has 0 unspecified atom stereocenters. The average Bonchev–Trinajstić information content (AvgIpc) is 3.29. The van der Waals surface area contributed by atoms with Crippen molar-refractivity contribution in [2.45, 2.75) is 25.4 Å². The van der Waals surface area contributed by atoms with Crippen LogP contribution >= 0.6 is 23.2 Å². The van der Waals surface area contributed by atoms with E-state index in [0.717, 1.165) is 18.9 Å². The van der Waals surface area contributed by atoms with Crippen molar-refractivity contribution in [1.29, 1.82) is 0 Å². The minimum absolute atomic E-state index is 0.00266. The molecule has 0 radical (unpaired) electrons. The Hall–Kier alpha value is -2.88. The van der Waals surface area contributed by atoms with Crippen molar-refractivity contribution >= 4 is 29.1 Å². The van der Waals surface area contributed by atoms with Crippen molar-refractivity contribution in [2.24, 2.45) is 0 Å². The number of halogens is 3. The SMILES string of the molecule is O=C(COc1ccc(Cl)c(F)c1)NN1CCC(c2nnc(COc3ccc(Cl)cc3)o2)CC1. The van der Waals surface area contributed by atoms with Gasteiger partial charge in [0.15, 0.2) is 13.2 Å². The molecular weight excluding hydrogens is 474 g/mol. The van der Waals surface area contributed by atoms with E-state index in [1.54, 1.807) is 24.3 Å². The molecule has 1 amide bonds. The third kappa shape index (κ3) is 6.56. The second kappa shape index (κ2) is 10.8. The topological polar surface area (TPSA) is 89.7 Å². The molecule has 1 saturated heterocycles. The van der Waals surface area contributed by atoms with Crippen LogP contribution in [0.2, 0.25) is 10.0 Å². The van der Waals surface area contributed by atoms with E-state index in [0.29, 0.717) is 35.6 Å². The summed E-state index contributed by atoms with van der Waals surface area (Å²) in [5.74, 6) is 1.02. The summed E-state index contributed by atoms with van der Waals surface area (Å²) >= 11 is 11.5. The van der Waals surface area contributed by atoms with Gasteiger partial charge in [-0.25, -0.2) is 9.40 Å². The van der Waals surface area contributed by atoms with Crippen LogP contribution in [0.4, 0.5) is 4.39 Å². The number of rotatable bonds is 8. The van der Waals surface area contributed by atoms with Crippen molar-refractivity contribution in [3.05, 3.63) is 70.1 Å². The quantitative estimate of drug-likeness (QED) is 0.496. The Morgan fingerprint density at radius 3 is 2.55 bits per heavy atom. The number of nitrogens with zero attached hydrogens (tertiary/aromatic N) is 3. The van der Waals surface area contributed by atoms with Gasteiger partial charge in [0.1, 0.15) is 17.3 Å². The maximum absolute atomic E-state index is 13.4. The zero-order chi connectivity index (χ0) is 23.2. The van der Waals surface area contributed by atoms with Gasteiger partial charge >= 0.3 is 0 Å². The first kappa shape index (κ1) is 23.3. The van der Waals surface area contributed by atoms with Gasteiger partial charge in [0.25, 0.3) is 11.8 Å². The van der Waals surface area contributed by atoms with Gasteiger partial charge in [-0.3, -0.25) is 10.2 Å². The monoisotopic (exact) mass is 494 g/mol. The standard InChI is InChI=1S/C22H21Cl2FN4O4/c23-15-1-3-16(4-2-15)32-13-21-26-27-22(33-21)14-7-9-29(10-8-14)28-20(30)12-31-17-5-6-18(24)19(25)11-17/h1-6,11,14H,7-10,12-13H2,(H,28,30). The molecule has 0 saturated carbocycles. The van der Waals surface area contributed by atoms with Crippen LogP contribution in [0.15, 0.2) is 46.9 Å². The number of ether oxygens (including phenoxy) is 2. The molecule has 0 bridgehead atoms. The summed E-state index contributed by atoms with van der Waals surface area (Å²) in [7, 11) is 0. The molecule has 2 aromatic carbocycles. The molecule has 4 rings (SSSR count). The number of hydrazine groups is 1. The molecule has 3 aromatic rings. The first-order chi connectivity index (χ1) is 16.0. The minimum Gasteiger partial charge on any atom is -0.484 e. The van der Waals surface area contributed by atoms with Crippen LogP contribution < -0.4 is 14.9 Å². The van der Waals surface area contributed by atoms with E-state index >= 15 is 0 Å². The van der Waals surface area contributed by atoms with Crippen LogP contribution in [0.25, 0.3) is 0 Å². The third-order valence-electron chi connectivity index (χ3n) is 5.05. The number of carbonyl (C=O) groups is 1. The van der Waals surface area contributed by atoms with E-state index < -0.39 is 5.82 Å². The highest BCUT2D eigenvalue weighted by Crippen LogP contribution is 2.27. The number of piperidine rings is 1. The van der Waals surface area contributed by atoms with E-state index in [2.05, 4.69) is 15.6 Å². The molecule has 33 heavy (non-hydrogen) atoms. The van der Waals surface area contributed by atoms with Gasteiger partial charge in [0.2, 0.25) is 5.89 Å². The Kier molecular flexibility index (Phi) is 7.64. The van der Waals surface area contributed by atoms with E-state index in [1.165, 1.54) is 12.1 Å². The Morgan fingerprint density at radius 1 is 1.09 bits per heavy atom. The van der Waals surface area contributed by atoms with Crippen molar-refractivity contribution in [2.75, 3.05) is 19.7 Å². The lowest BCUT2D eigenvalue weighted by molar-refractivity contribution is -0.128. The summed E-state index contributed by atoms with van der Waals surface area (Å²) in [6.07, 6.45) is 1.48. The number of carbonyl (C=O) groups excluding carboxylic acids is 1. The number of hydrogen-bond donors (Lipinski definition) is 1. The Bertz CT molecular complexity index is 1090. The van der Waals surface area contributed by atoms with E-state index in [9.17, 15) is 9.18 Å². The zero-order valence-corrected chi connectivity index (χ0v) is 19.0. The van der Waals surface area contributed by atoms with Gasteiger partial charge in [-0.15, -0.1) is 10.2 Å². The average molecular weight is 495 g/mol. The molecule has 1 fully saturated rings. The highest BCUT2D eigenvalue weighted by Gasteiger charge is 2.26. The molecule has 2 heterocycles. The maximum Gasteiger partial charge on any atom is 0.272 e. The Labute approximate surface area is 199 Å². The molecule has 0 atom stereocenters. The first-order valence-electron chi connectivity index (χ1n) is 10.3. The molecule has 174 valence electrons. The molecule has 8 nitrogen and oxygen atoms in total. The fourth-order valence-electron chi connectivity index (χ4n) is 3.33. The fraction of sp³-hybridized carbons (Fsp3) is 0.318. The number of hydrogen-bond acceptors (Lipinski definition) is 7. The van der Waals surface area contributed by atoms with Gasteiger partial charge in [-0.2, -0.15) is 0 Å². The Morgan fingerprint density at radius 2 is 1.82 bits per heavy atom. The highest BCUT2D eigenvalue weighted by molar-refractivity contribution is 6.30. The predicted octanol–water partition coefficient (Wildman–Crippen LogP) is 4.38. The van der Waals surface area contributed by atoms with Crippen LogP contribution in [0.5, 0.6) is 11.5 Å². The van der Waals surface area contributed by atoms with Crippen LogP contribution in [0.3, 0.4) is 0 Å². The lowest BCUT2D eigenvalue weighted by Crippen LogP contribution is -2.47. The molecule has 0 spiro atoms. The second-order valence-electron chi connectivity index (χ2n) is 7.44. The number of aromatic nitrogens is 2. The Balaban J connectivity index is 1.19. The molecular formula is C22H21Cl2FN4O4. The van der Waals surface area contributed by atoms with Crippen LogP contribution in [-0.2, 0) is 11.4 Å². The minimum atomic E-state index is -0.600. The lowest BCUT2D eigenvalue weighted by Gasteiger charge is -2.30. The first-order valence-corrected chi connectivity index (χ1v) is 11.0. The fourth-order valence-corrected chi connectivity index (χ4v) is 3.57. The zero-order valence-electron chi connectivity index (χ0n) is 17.5. The summed E-state index contributed by atoms with van der Waals surface area (Å²) in [6.45, 7) is 1.17. The molecule has 1 aliphatic heterocycles. The van der Waals surface area contributed by atoms with Gasteiger partial charge in [-0.05, 0) is 49.2 Å². The molecule has 11 heteroatoms. The van der Waals surface area contributed by atoms with Gasteiger partial charge in [0.05, 0.1) is 5.02 Å². The van der Waals surface area contributed by atoms with Gasteiger partial charge in [-0.1, -0.05) is 23.2 Å². The summed E-state index contributed by atoms with van der Waals surface area (Å²) in [6, 6.07) is 11.0. The summed E-state index contributed by atoms with van der Waals surface area (Å²) in [4.78, 5) is 12.1.